The Bertz CT molecular complexity index is 386. The molecule has 5 heteroatoms. The molecule has 0 aliphatic rings. The lowest BCUT2D eigenvalue weighted by Crippen LogP contribution is -1.83. The Labute approximate surface area is 85.3 Å². The first-order valence-electron chi connectivity index (χ1n) is 3.98. The molecule has 14 heavy (non-hydrogen) atoms. The molecule has 0 saturated carbocycles. The highest BCUT2D eigenvalue weighted by Gasteiger charge is 1.99. The maximum Gasteiger partial charge on any atom is 0.220 e. The van der Waals surface area contributed by atoms with Crippen LogP contribution in [0.2, 0.25) is 0 Å². The van der Waals surface area contributed by atoms with Crippen molar-refractivity contribution in [3.8, 4) is 16.6 Å². The molecule has 1 heterocycles. The van der Waals surface area contributed by atoms with Gasteiger partial charge in [0.05, 0.1) is 7.11 Å². The van der Waals surface area contributed by atoms with E-state index >= 15 is 0 Å². The molecule has 0 atom stereocenters. The molecule has 2 rings (SSSR count). The van der Waals surface area contributed by atoms with Crippen LogP contribution in [0.4, 0.5) is 0 Å². The molecular weight excluding hydrogens is 200 g/mol. The lowest BCUT2D eigenvalue weighted by atomic mass is 10.3. The van der Waals surface area contributed by atoms with Crippen molar-refractivity contribution in [2.45, 2.75) is 0 Å². The number of ether oxygens (including phenoxy) is 2. The van der Waals surface area contributed by atoms with E-state index in [9.17, 15) is 0 Å². The van der Waals surface area contributed by atoms with Gasteiger partial charge < -0.3 is 9.47 Å². The largest absolute Gasteiger partial charge is 0.497 e. The average molecular weight is 208 g/mol. The first kappa shape index (κ1) is 8.96. The highest BCUT2D eigenvalue weighted by Crippen LogP contribution is 2.24. The standard InChI is InChI=1S/C9H8N2O2S/c1-12-7-2-4-8(5-3-7)13-9-6-10-11-14-9/h2-6H,1H3. The van der Waals surface area contributed by atoms with E-state index in [1.807, 2.05) is 24.3 Å². The summed E-state index contributed by atoms with van der Waals surface area (Å²) in [6, 6.07) is 7.34. The molecule has 0 saturated heterocycles. The van der Waals surface area contributed by atoms with Gasteiger partial charge in [0.1, 0.15) is 17.7 Å². The van der Waals surface area contributed by atoms with Gasteiger partial charge in [-0.2, -0.15) is 0 Å². The Morgan fingerprint density at radius 3 is 2.43 bits per heavy atom. The third-order valence-electron chi connectivity index (χ3n) is 1.62. The zero-order valence-corrected chi connectivity index (χ0v) is 8.32. The van der Waals surface area contributed by atoms with Crippen LogP contribution in [0.15, 0.2) is 30.5 Å². The molecule has 0 spiro atoms. The van der Waals surface area contributed by atoms with Gasteiger partial charge in [0.25, 0.3) is 0 Å². The quantitative estimate of drug-likeness (QED) is 0.776. The zero-order valence-electron chi connectivity index (χ0n) is 7.51. The molecule has 0 aliphatic carbocycles. The summed E-state index contributed by atoms with van der Waals surface area (Å²) in [7, 11) is 1.63. The number of hydrogen-bond donors (Lipinski definition) is 0. The van der Waals surface area contributed by atoms with Crippen molar-refractivity contribution in [1.82, 2.24) is 9.59 Å². The zero-order chi connectivity index (χ0) is 9.80. The summed E-state index contributed by atoms with van der Waals surface area (Å²) < 4.78 is 14.2. The van der Waals surface area contributed by atoms with E-state index in [0.717, 1.165) is 11.5 Å². The molecule has 1 aromatic carbocycles. The van der Waals surface area contributed by atoms with Gasteiger partial charge in [-0.3, -0.25) is 0 Å². The van der Waals surface area contributed by atoms with Gasteiger partial charge in [-0.05, 0) is 24.3 Å². The maximum absolute atomic E-state index is 5.46. The number of methoxy groups -OCH3 is 1. The highest BCUT2D eigenvalue weighted by molar-refractivity contribution is 7.07. The monoisotopic (exact) mass is 208 g/mol. The minimum atomic E-state index is 0.676. The Morgan fingerprint density at radius 2 is 1.86 bits per heavy atom. The Balaban J connectivity index is 2.10. The van der Waals surface area contributed by atoms with E-state index < -0.39 is 0 Å². The van der Waals surface area contributed by atoms with Crippen LogP contribution in [0.5, 0.6) is 16.6 Å². The van der Waals surface area contributed by atoms with Crippen LogP contribution in [0.25, 0.3) is 0 Å². The van der Waals surface area contributed by atoms with E-state index in [1.165, 1.54) is 11.5 Å². The van der Waals surface area contributed by atoms with Crippen molar-refractivity contribution >= 4 is 11.5 Å². The van der Waals surface area contributed by atoms with E-state index in [0.29, 0.717) is 5.06 Å². The molecule has 0 N–H and O–H groups in total. The van der Waals surface area contributed by atoms with E-state index in [-0.39, 0.29) is 0 Å². The third kappa shape index (κ3) is 2.00. The molecule has 0 unspecified atom stereocenters. The lowest BCUT2D eigenvalue weighted by Gasteiger charge is -2.02. The fourth-order valence-corrected chi connectivity index (χ4v) is 1.37. The SMILES string of the molecule is COc1ccc(Oc2cnns2)cc1. The predicted octanol–water partition coefficient (Wildman–Crippen LogP) is 2.34. The molecule has 4 nitrogen and oxygen atoms in total. The summed E-state index contributed by atoms with van der Waals surface area (Å²) in [6.45, 7) is 0. The van der Waals surface area contributed by atoms with Crippen molar-refractivity contribution in [1.29, 1.82) is 0 Å². The molecule has 0 amide bonds. The summed E-state index contributed by atoms with van der Waals surface area (Å²) in [5.74, 6) is 1.55. The number of aromatic nitrogens is 2. The molecule has 0 aliphatic heterocycles. The second-order valence-electron chi connectivity index (χ2n) is 2.51. The topological polar surface area (TPSA) is 44.2 Å². The molecule has 72 valence electrons. The third-order valence-corrected chi connectivity index (χ3v) is 2.16. The van der Waals surface area contributed by atoms with Crippen molar-refractivity contribution in [3.63, 3.8) is 0 Å². The Hall–Kier alpha value is -1.62. The van der Waals surface area contributed by atoms with Crippen molar-refractivity contribution in [3.05, 3.63) is 30.5 Å². The van der Waals surface area contributed by atoms with Crippen LogP contribution in [0, 0.1) is 0 Å². The van der Waals surface area contributed by atoms with Crippen molar-refractivity contribution in [2.75, 3.05) is 7.11 Å². The molecule has 0 fully saturated rings. The minimum Gasteiger partial charge on any atom is -0.497 e. The van der Waals surface area contributed by atoms with Crippen LogP contribution >= 0.6 is 11.5 Å². The molecule has 0 radical (unpaired) electrons. The summed E-state index contributed by atoms with van der Waals surface area (Å²) >= 11 is 1.21. The fourth-order valence-electron chi connectivity index (χ4n) is 0.963. The lowest BCUT2D eigenvalue weighted by molar-refractivity contribution is 0.413. The maximum atomic E-state index is 5.46. The van der Waals surface area contributed by atoms with Gasteiger partial charge in [-0.1, -0.05) is 4.49 Å². The second kappa shape index (κ2) is 4.06. The second-order valence-corrected chi connectivity index (χ2v) is 3.26. The summed E-state index contributed by atoms with van der Waals surface area (Å²) in [6.07, 6.45) is 1.58. The predicted molar refractivity (Wildman–Crippen MR) is 53.0 cm³/mol. The van der Waals surface area contributed by atoms with Crippen LogP contribution < -0.4 is 9.47 Å². The van der Waals surface area contributed by atoms with Crippen LogP contribution in [-0.2, 0) is 0 Å². The van der Waals surface area contributed by atoms with Gasteiger partial charge >= 0.3 is 0 Å². The summed E-state index contributed by atoms with van der Waals surface area (Å²) in [5.41, 5.74) is 0. The van der Waals surface area contributed by atoms with Crippen LogP contribution in [0.3, 0.4) is 0 Å². The highest BCUT2D eigenvalue weighted by atomic mass is 32.1. The number of nitrogens with zero attached hydrogens (tertiary/aromatic N) is 2. The summed E-state index contributed by atoms with van der Waals surface area (Å²) in [4.78, 5) is 0. The Kier molecular flexibility index (Phi) is 2.60. The van der Waals surface area contributed by atoms with Gasteiger partial charge in [0, 0.05) is 11.5 Å². The van der Waals surface area contributed by atoms with E-state index in [1.54, 1.807) is 13.3 Å². The number of benzene rings is 1. The molecule has 2 aromatic rings. The van der Waals surface area contributed by atoms with Crippen LogP contribution in [0.1, 0.15) is 0 Å². The molecular formula is C9H8N2O2S. The fraction of sp³-hybridized carbons (Fsp3) is 0.111. The van der Waals surface area contributed by atoms with Crippen molar-refractivity contribution < 1.29 is 9.47 Å². The van der Waals surface area contributed by atoms with E-state index in [2.05, 4.69) is 9.59 Å². The average Bonchev–Trinajstić information content (AvgIpc) is 2.72. The molecule has 1 aromatic heterocycles. The Morgan fingerprint density at radius 1 is 1.14 bits per heavy atom. The van der Waals surface area contributed by atoms with Gasteiger partial charge in [0.2, 0.25) is 5.06 Å². The minimum absolute atomic E-state index is 0.676. The van der Waals surface area contributed by atoms with Crippen LogP contribution in [-0.4, -0.2) is 16.7 Å². The van der Waals surface area contributed by atoms with Gasteiger partial charge in [0.15, 0.2) is 0 Å². The molecule has 0 bridgehead atoms. The smallest absolute Gasteiger partial charge is 0.220 e. The van der Waals surface area contributed by atoms with Gasteiger partial charge in [-0.15, -0.1) is 5.10 Å². The number of hydrogen-bond acceptors (Lipinski definition) is 5. The first-order valence-corrected chi connectivity index (χ1v) is 4.75. The first-order chi connectivity index (χ1) is 6.88. The van der Waals surface area contributed by atoms with Crippen molar-refractivity contribution in [2.24, 2.45) is 0 Å². The number of rotatable bonds is 3. The van der Waals surface area contributed by atoms with Gasteiger partial charge in [-0.25, -0.2) is 0 Å². The normalized spacial score (nSPS) is 9.79. The summed E-state index contributed by atoms with van der Waals surface area (Å²) in [5, 5.41) is 4.35. The van der Waals surface area contributed by atoms with E-state index in [4.69, 9.17) is 9.47 Å².